The summed E-state index contributed by atoms with van der Waals surface area (Å²) in [5, 5.41) is 2.68. The van der Waals surface area contributed by atoms with Gasteiger partial charge in [-0.15, -0.1) is 0 Å². The smallest absolute Gasteiger partial charge is 0.250 e. The predicted octanol–water partition coefficient (Wildman–Crippen LogP) is 2.53. The second kappa shape index (κ2) is 5.91. The van der Waals surface area contributed by atoms with Crippen LogP contribution in [0.15, 0.2) is 16.6 Å². The van der Waals surface area contributed by atoms with Crippen molar-refractivity contribution in [3.8, 4) is 0 Å². The molecule has 1 heterocycles. The molecule has 2 amide bonds. The molecule has 1 aromatic rings. The lowest BCUT2D eigenvalue weighted by molar-refractivity contribution is -0.131. The number of halogens is 2. The molecule has 1 unspecified atom stereocenters. The molecule has 0 spiro atoms. The third-order valence-electron chi connectivity index (χ3n) is 3.31. The minimum atomic E-state index is -0.521. The number of rotatable bonds is 3. The maximum absolute atomic E-state index is 13.7. The molecule has 1 fully saturated rings. The molecule has 1 saturated heterocycles. The second-order valence-corrected chi connectivity index (χ2v) is 5.74. The summed E-state index contributed by atoms with van der Waals surface area (Å²) in [7, 11) is 0. The zero-order valence-corrected chi connectivity index (χ0v) is 13.0. The summed E-state index contributed by atoms with van der Waals surface area (Å²) < 4.78 is 14.0. The lowest BCUT2D eigenvalue weighted by Crippen LogP contribution is -2.58. The van der Waals surface area contributed by atoms with Crippen molar-refractivity contribution in [2.75, 3.05) is 11.4 Å². The van der Waals surface area contributed by atoms with Gasteiger partial charge < -0.3 is 10.2 Å². The summed E-state index contributed by atoms with van der Waals surface area (Å²) in [5.41, 5.74) is 1.20. The quantitative estimate of drug-likeness (QED) is 0.917. The van der Waals surface area contributed by atoms with Crippen molar-refractivity contribution in [3.63, 3.8) is 0 Å². The van der Waals surface area contributed by atoms with Crippen LogP contribution in [0.4, 0.5) is 10.1 Å². The summed E-state index contributed by atoms with van der Waals surface area (Å²) in [5.74, 6) is -0.849. The summed E-state index contributed by atoms with van der Waals surface area (Å²) in [6, 6.07) is 2.38. The fraction of sp³-hybridized carbons (Fsp3) is 0.429. The zero-order chi connectivity index (χ0) is 14.9. The number of benzene rings is 1. The molecule has 1 aliphatic rings. The van der Waals surface area contributed by atoms with Gasteiger partial charge in [0.1, 0.15) is 18.4 Å². The SMILES string of the molecule is CCCC1NC(=O)CN(c2cc(F)c(Br)cc2C)C1=O. The molecule has 0 bridgehead atoms. The van der Waals surface area contributed by atoms with Gasteiger partial charge in [-0.05, 0) is 47.0 Å². The van der Waals surface area contributed by atoms with Gasteiger partial charge in [-0.2, -0.15) is 0 Å². The van der Waals surface area contributed by atoms with E-state index in [2.05, 4.69) is 21.2 Å². The molecule has 2 rings (SSSR count). The van der Waals surface area contributed by atoms with Crippen molar-refractivity contribution < 1.29 is 14.0 Å². The van der Waals surface area contributed by atoms with E-state index in [-0.39, 0.29) is 18.4 Å². The highest BCUT2D eigenvalue weighted by Crippen LogP contribution is 2.28. The largest absolute Gasteiger partial charge is 0.343 e. The normalized spacial score (nSPS) is 19.2. The third kappa shape index (κ3) is 2.85. The Kier molecular flexibility index (Phi) is 4.42. The van der Waals surface area contributed by atoms with Crippen molar-refractivity contribution in [1.29, 1.82) is 0 Å². The number of nitrogens with one attached hydrogen (secondary N) is 1. The number of anilines is 1. The Bertz CT molecular complexity index is 562. The van der Waals surface area contributed by atoms with Crippen LogP contribution in [-0.4, -0.2) is 24.4 Å². The van der Waals surface area contributed by atoms with Crippen molar-refractivity contribution in [2.24, 2.45) is 0 Å². The van der Waals surface area contributed by atoms with E-state index >= 15 is 0 Å². The van der Waals surface area contributed by atoms with Gasteiger partial charge >= 0.3 is 0 Å². The number of carbonyl (C=O) groups is 2. The first-order valence-corrected chi connectivity index (χ1v) is 7.29. The summed E-state index contributed by atoms with van der Waals surface area (Å²) in [6.07, 6.45) is 1.37. The molecule has 20 heavy (non-hydrogen) atoms. The number of hydrogen-bond acceptors (Lipinski definition) is 2. The number of nitrogens with zero attached hydrogens (tertiary/aromatic N) is 1. The molecule has 1 N–H and O–H groups in total. The average Bonchev–Trinajstić information content (AvgIpc) is 2.38. The van der Waals surface area contributed by atoms with Crippen LogP contribution >= 0.6 is 15.9 Å². The van der Waals surface area contributed by atoms with Gasteiger partial charge in [-0.25, -0.2) is 4.39 Å². The number of amides is 2. The summed E-state index contributed by atoms with van der Waals surface area (Å²) in [4.78, 5) is 25.5. The minimum Gasteiger partial charge on any atom is -0.343 e. The Labute approximate surface area is 125 Å². The van der Waals surface area contributed by atoms with Gasteiger partial charge in [0, 0.05) is 0 Å². The van der Waals surface area contributed by atoms with Crippen LogP contribution in [0.2, 0.25) is 0 Å². The van der Waals surface area contributed by atoms with Gasteiger partial charge in [0.25, 0.3) is 0 Å². The number of carbonyl (C=O) groups excluding carboxylic acids is 2. The highest BCUT2D eigenvalue weighted by atomic mass is 79.9. The molecule has 1 atom stereocenters. The number of piperazine rings is 1. The molecular formula is C14H16BrFN2O2. The van der Waals surface area contributed by atoms with E-state index in [4.69, 9.17) is 0 Å². The Hall–Kier alpha value is -1.43. The molecule has 4 nitrogen and oxygen atoms in total. The van der Waals surface area contributed by atoms with E-state index in [1.807, 2.05) is 6.92 Å². The van der Waals surface area contributed by atoms with Crippen molar-refractivity contribution in [2.45, 2.75) is 32.7 Å². The topological polar surface area (TPSA) is 49.4 Å². The number of aryl methyl sites for hydroxylation is 1. The fourth-order valence-corrected chi connectivity index (χ4v) is 2.78. The van der Waals surface area contributed by atoms with Crippen LogP contribution in [0.5, 0.6) is 0 Å². The lowest BCUT2D eigenvalue weighted by Gasteiger charge is -2.33. The van der Waals surface area contributed by atoms with Gasteiger partial charge in [-0.1, -0.05) is 13.3 Å². The zero-order valence-electron chi connectivity index (χ0n) is 11.4. The van der Waals surface area contributed by atoms with Gasteiger partial charge in [0.2, 0.25) is 11.8 Å². The van der Waals surface area contributed by atoms with Crippen LogP contribution in [0.1, 0.15) is 25.3 Å². The first-order valence-electron chi connectivity index (χ1n) is 6.50. The Morgan fingerprint density at radius 1 is 1.45 bits per heavy atom. The van der Waals surface area contributed by atoms with Crippen LogP contribution in [0.3, 0.4) is 0 Å². The third-order valence-corrected chi connectivity index (χ3v) is 3.92. The first kappa shape index (κ1) is 15.0. The Balaban J connectivity index is 2.37. The van der Waals surface area contributed by atoms with Crippen LogP contribution in [0.25, 0.3) is 0 Å². The minimum absolute atomic E-state index is 0.0685. The maximum atomic E-state index is 13.7. The van der Waals surface area contributed by atoms with Crippen molar-refractivity contribution in [1.82, 2.24) is 5.32 Å². The predicted molar refractivity (Wildman–Crippen MR) is 78.0 cm³/mol. The highest BCUT2D eigenvalue weighted by Gasteiger charge is 2.33. The molecule has 0 aliphatic carbocycles. The van der Waals surface area contributed by atoms with Crippen LogP contribution in [0, 0.1) is 12.7 Å². The molecule has 1 aliphatic heterocycles. The molecule has 108 valence electrons. The number of hydrogen-bond donors (Lipinski definition) is 1. The summed E-state index contributed by atoms with van der Waals surface area (Å²) in [6.45, 7) is 3.66. The standard InChI is InChI=1S/C14H16BrFN2O2/c1-3-4-11-14(20)18(7-13(19)17-11)12-6-10(16)9(15)5-8(12)2/h5-6,11H,3-4,7H2,1-2H3,(H,17,19). The van der Waals surface area contributed by atoms with Crippen LogP contribution < -0.4 is 10.2 Å². The average molecular weight is 343 g/mol. The van der Waals surface area contributed by atoms with Gasteiger partial charge in [0.05, 0.1) is 10.2 Å². The Morgan fingerprint density at radius 3 is 2.80 bits per heavy atom. The molecule has 0 radical (unpaired) electrons. The van der Waals surface area contributed by atoms with E-state index in [0.29, 0.717) is 16.6 Å². The monoisotopic (exact) mass is 342 g/mol. The fourth-order valence-electron chi connectivity index (χ4n) is 2.33. The second-order valence-electron chi connectivity index (χ2n) is 4.89. The van der Waals surface area contributed by atoms with Crippen LogP contribution in [-0.2, 0) is 9.59 Å². The lowest BCUT2D eigenvalue weighted by atomic mass is 10.1. The van der Waals surface area contributed by atoms with Gasteiger partial charge in [0.15, 0.2) is 0 Å². The van der Waals surface area contributed by atoms with Crippen molar-refractivity contribution in [3.05, 3.63) is 28.0 Å². The molecule has 1 aromatic carbocycles. The molecule has 0 saturated carbocycles. The van der Waals surface area contributed by atoms with E-state index in [0.717, 1.165) is 12.0 Å². The molecule has 6 heteroatoms. The maximum Gasteiger partial charge on any atom is 0.250 e. The van der Waals surface area contributed by atoms with Crippen molar-refractivity contribution >= 4 is 33.4 Å². The first-order chi connectivity index (χ1) is 9.43. The molecule has 0 aromatic heterocycles. The van der Waals surface area contributed by atoms with Gasteiger partial charge in [-0.3, -0.25) is 9.59 Å². The van der Waals surface area contributed by atoms with E-state index in [1.165, 1.54) is 11.0 Å². The van der Waals surface area contributed by atoms with E-state index in [9.17, 15) is 14.0 Å². The Morgan fingerprint density at radius 2 is 2.15 bits per heavy atom. The van der Waals surface area contributed by atoms with E-state index in [1.54, 1.807) is 13.0 Å². The van der Waals surface area contributed by atoms with E-state index < -0.39 is 11.9 Å². The summed E-state index contributed by atoms with van der Waals surface area (Å²) >= 11 is 3.11. The molecular weight excluding hydrogens is 327 g/mol. The highest BCUT2D eigenvalue weighted by molar-refractivity contribution is 9.10.